The van der Waals surface area contributed by atoms with E-state index in [1.165, 1.54) is 12.1 Å². The van der Waals surface area contributed by atoms with Gasteiger partial charge in [-0.3, -0.25) is 14.8 Å². The Morgan fingerprint density at radius 1 is 1.06 bits per heavy atom. The van der Waals surface area contributed by atoms with Crippen LogP contribution in [-0.4, -0.2) is 31.1 Å². The molecule has 0 unspecified atom stereocenters. The van der Waals surface area contributed by atoms with Crippen LogP contribution in [-0.2, 0) is 9.63 Å². The molecule has 32 heavy (non-hydrogen) atoms. The maximum absolute atomic E-state index is 13.6. The normalized spacial score (nSPS) is 10.2. The van der Waals surface area contributed by atoms with Gasteiger partial charge in [0.2, 0.25) is 5.91 Å². The van der Waals surface area contributed by atoms with E-state index in [0.29, 0.717) is 24.9 Å². The van der Waals surface area contributed by atoms with Crippen molar-refractivity contribution < 1.29 is 32.8 Å². The molecule has 0 radical (unpaired) electrons. The highest BCUT2D eigenvalue weighted by Gasteiger charge is 2.15. The predicted molar refractivity (Wildman–Crippen MR) is 114 cm³/mol. The Morgan fingerprint density at radius 2 is 1.78 bits per heavy atom. The average molecular weight is 455 g/mol. The number of nitrogens with one attached hydrogen (secondary N) is 3. The van der Waals surface area contributed by atoms with Crippen molar-refractivity contribution in [2.45, 2.75) is 39.0 Å². The Morgan fingerprint density at radius 3 is 2.41 bits per heavy atom. The minimum absolute atomic E-state index is 0.0294. The number of hydrogen-bond acceptors (Lipinski definition) is 6. The van der Waals surface area contributed by atoms with Crippen molar-refractivity contribution in [2.75, 3.05) is 19.0 Å². The van der Waals surface area contributed by atoms with Gasteiger partial charge in [0.1, 0.15) is 5.82 Å². The van der Waals surface area contributed by atoms with Crippen molar-refractivity contribution in [1.29, 1.82) is 0 Å². The number of hydroxylamine groups is 2. The van der Waals surface area contributed by atoms with E-state index in [9.17, 15) is 22.8 Å². The molecule has 7 nitrogen and oxygen atoms in total. The molecule has 1 amide bonds. The van der Waals surface area contributed by atoms with Crippen LogP contribution in [0.5, 0.6) is 0 Å². The Balaban J connectivity index is 0.000000347. The lowest BCUT2D eigenvalue weighted by Crippen LogP contribution is -2.17. The van der Waals surface area contributed by atoms with Crippen molar-refractivity contribution in [3.8, 4) is 0 Å². The molecule has 0 bridgehead atoms. The van der Waals surface area contributed by atoms with Crippen LogP contribution in [0.1, 0.15) is 48.0 Å². The molecule has 0 aliphatic rings. The highest BCUT2D eigenvalue weighted by Crippen LogP contribution is 2.27. The number of aldehydes is 1. The monoisotopic (exact) mass is 455 g/mol. The lowest BCUT2D eigenvalue weighted by Gasteiger charge is -2.11. The van der Waals surface area contributed by atoms with Gasteiger partial charge in [-0.15, -0.1) is 0 Å². The summed E-state index contributed by atoms with van der Waals surface area (Å²) in [5, 5.41) is 10.6. The van der Waals surface area contributed by atoms with Crippen molar-refractivity contribution in [1.82, 2.24) is 11.0 Å². The van der Waals surface area contributed by atoms with Gasteiger partial charge in [-0.05, 0) is 49.6 Å². The summed E-state index contributed by atoms with van der Waals surface area (Å²) >= 11 is 0. The number of carbonyl (C=O) groups is 2. The quantitative estimate of drug-likeness (QED) is 0.172. The van der Waals surface area contributed by atoms with Gasteiger partial charge in [0.05, 0.1) is 18.0 Å². The SMILES string of the molecule is CNOCCCCCCC(=O)NO.Cc1ccc(Nc2c(C=O)ccc(F)c2F)c(F)c1. The van der Waals surface area contributed by atoms with Gasteiger partial charge in [-0.2, -0.15) is 0 Å². The first-order valence-corrected chi connectivity index (χ1v) is 10.0. The smallest absolute Gasteiger partial charge is 0.243 e. The van der Waals surface area contributed by atoms with Crippen molar-refractivity contribution >= 4 is 23.6 Å². The van der Waals surface area contributed by atoms with Crippen molar-refractivity contribution in [3.05, 3.63) is 58.9 Å². The molecule has 0 aromatic heterocycles. The van der Waals surface area contributed by atoms with Crippen molar-refractivity contribution in [3.63, 3.8) is 0 Å². The molecule has 0 spiro atoms. The van der Waals surface area contributed by atoms with Gasteiger partial charge in [0.15, 0.2) is 17.9 Å². The van der Waals surface area contributed by atoms with E-state index in [2.05, 4.69) is 10.8 Å². The van der Waals surface area contributed by atoms with Crippen LogP contribution >= 0.6 is 0 Å². The third-order valence-corrected chi connectivity index (χ3v) is 4.31. The second kappa shape index (κ2) is 15.0. The highest BCUT2D eigenvalue weighted by molar-refractivity contribution is 5.86. The number of rotatable bonds is 11. The maximum atomic E-state index is 13.6. The molecule has 176 valence electrons. The Hall–Kier alpha value is -2.95. The third kappa shape index (κ3) is 9.46. The Kier molecular flexibility index (Phi) is 12.7. The van der Waals surface area contributed by atoms with Crippen LogP contribution in [0.15, 0.2) is 30.3 Å². The van der Waals surface area contributed by atoms with Gasteiger partial charge in [0.25, 0.3) is 0 Å². The largest absolute Gasteiger partial charge is 0.350 e. The van der Waals surface area contributed by atoms with E-state index in [4.69, 9.17) is 10.0 Å². The summed E-state index contributed by atoms with van der Waals surface area (Å²) in [5.41, 5.74) is 4.39. The zero-order chi connectivity index (χ0) is 23.9. The zero-order valence-electron chi connectivity index (χ0n) is 18.0. The average Bonchev–Trinajstić information content (AvgIpc) is 2.78. The third-order valence-electron chi connectivity index (χ3n) is 4.31. The summed E-state index contributed by atoms with van der Waals surface area (Å²) in [6.45, 7) is 2.40. The number of unbranched alkanes of at least 4 members (excludes halogenated alkanes) is 3. The van der Waals surface area contributed by atoms with Crippen LogP contribution in [0, 0.1) is 24.4 Å². The summed E-state index contributed by atoms with van der Waals surface area (Å²) in [7, 11) is 1.73. The van der Waals surface area contributed by atoms with Gasteiger partial charge >= 0.3 is 0 Å². The fourth-order valence-corrected chi connectivity index (χ4v) is 2.62. The molecule has 0 aliphatic carbocycles. The van der Waals surface area contributed by atoms with E-state index < -0.39 is 17.5 Å². The van der Waals surface area contributed by atoms with Crippen LogP contribution in [0.3, 0.4) is 0 Å². The number of benzene rings is 2. The standard InChI is InChI=1S/C14H10F3NO.C8H18N2O3/c1-8-2-5-12(11(16)6-8)18-14-9(7-19)3-4-10(15)13(14)17;1-9-13-7-5-3-2-4-6-8(11)10-12/h2-7,18H,1H3;9,12H,2-7H2,1H3,(H,10,11). The zero-order valence-corrected chi connectivity index (χ0v) is 18.0. The number of anilines is 2. The first kappa shape index (κ1) is 27.1. The van der Waals surface area contributed by atoms with E-state index in [-0.39, 0.29) is 22.8 Å². The molecule has 0 saturated heterocycles. The fourth-order valence-electron chi connectivity index (χ4n) is 2.62. The fraction of sp³-hybridized carbons (Fsp3) is 0.364. The van der Waals surface area contributed by atoms with Crippen LogP contribution < -0.4 is 16.3 Å². The predicted octanol–water partition coefficient (Wildman–Crippen LogP) is 4.56. The summed E-state index contributed by atoms with van der Waals surface area (Å²) < 4.78 is 40.4. The summed E-state index contributed by atoms with van der Waals surface area (Å²) in [4.78, 5) is 26.3. The molecular formula is C22H28F3N3O4. The van der Waals surface area contributed by atoms with Gasteiger partial charge in [-0.25, -0.2) is 24.1 Å². The highest BCUT2D eigenvalue weighted by atomic mass is 19.2. The Bertz CT molecular complexity index is 882. The summed E-state index contributed by atoms with van der Waals surface area (Å²) in [6, 6.07) is 6.22. The number of amides is 1. The Labute approximate surface area is 184 Å². The molecule has 2 aromatic carbocycles. The number of hydrogen-bond donors (Lipinski definition) is 4. The maximum Gasteiger partial charge on any atom is 0.243 e. The molecule has 0 atom stereocenters. The molecule has 0 fully saturated rings. The first-order valence-electron chi connectivity index (χ1n) is 10.0. The van der Waals surface area contributed by atoms with Gasteiger partial charge < -0.3 is 10.2 Å². The molecule has 2 aromatic rings. The minimum Gasteiger partial charge on any atom is -0.350 e. The summed E-state index contributed by atoms with van der Waals surface area (Å²) in [5.74, 6) is -3.25. The molecule has 10 heteroatoms. The minimum atomic E-state index is -1.22. The second-order valence-corrected chi connectivity index (χ2v) is 6.80. The second-order valence-electron chi connectivity index (χ2n) is 6.80. The molecule has 2 rings (SSSR count). The molecule has 4 N–H and O–H groups in total. The van der Waals surface area contributed by atoms with Crippen LogP contribution in [0.4, 0.5) is 24.5 Å². The molecule has 0 heterocycles. The van der Waals surface area contributed by atoms with E-state index in [1.54, 1.807) is 25.5 Å². The molecule has 0 saturated carbocycles. The van der Waals surface area contributed by atoms with Crippen molar-refractivity contribution in [2.24, 2.45) is 0 Å². The summed E-state index contributed by atoms with van der Waals surface area (Å²) in [6.07, 6.45) is 4.59. The molecular weight excluding hydrogens is 427 g/mol. The number of aryl methyl sites for hydroxylation is 1. The van der Waals surface area contributed by atoms with Gasteiger partial charge in [0, 0.05) is 19.0 Å². The van der Waals surface area contributed by atoms with E-state index in [0.717, 1.165) is 37.8 Å². The van der Waals surface area contributed by atoms with E-state index in [1.807, 2.05) is 0 Å². The first-order chi connectivity index (χ1) is 15.3. The van der Waals surface area contributed by atoms with Crippen LogP contribution in [0.25, 0.3) is 0 Å². The van der Waals surface area contributed by atoms with E-state index >= 15 is 0 Å². The number of carbonyl (C=O) groups excluding carboxylic acids is 2. The number of halogens is 3. The molecule has 0 aliphatic heterocycles. The van der Waals surface area contributed by atoms with Crippen LogP contribution in [0.2, 0.25) is 0 Å². The topological polar surface area (TPSA) is 99.7 Å². The lowest BCUT2D eigenvalue weighted by molar-refractivity contribution is -0.129. The van der Waals surface area contributed by atoms with Gasteiger partial charge in [-0.1, -0.05) is 18.9 Å². The lowest BCUT2D eigenvalue weighted by atomic mass is 10.1.